The molecular formula is C13H17GeNO3. The Kier molecular flexibility index (Phi) is 6.50. The Bertz CT molecular complexity index is 394. The van der Waals surface area contributed by atoms with Gasteiger partial charge in [-0.3, -0.25) is 0 Å². The maximum atomic E-state index is 11.9. The number of benzene rings is 1. The fraction of sp³-hybridized carbons (Fsp3) is 0.385. The maximum absolute atomic E-state index is 11.9. The Morgan fingerprint density at radius 3 is 2.44 bits per heavy atom. The van der Waals surface area contributed by atoms with Crippen LogP contribution in [0.3, 0.4) is 0 Å². The Balaban J connectivity index is 2.55. The summed E-state index contributed by atoms with van der Waals surface area (Å²) in [6.07, 6.45) is -0.155. The second-order valence-corrected chi connectivity index (χ2v) is 6.41. The van der Waals surface area contributed by atoms with Gasteiger partial charge in [0.05, 0.1) is 0 Å². The van der Waals surface area contributed by atoms with Crippen LogP contribution in [-0.4, -0.2) is 44.5 Å². The first kappa shape index (κ1) is 14.8. The minimum atomic E-state index is -0.691. The molecule has 0 heterocycles. The molecule has 1 aromatic rings. The standard InChI is InChI=1S/C13H17GeNO3/c1-3-15(12(16)10-13(17)18-4-2)14-11-8-6-5-7-9-11/h5-9H,3-4,10H2,1-2H3. The normalized spacial score (nSPS) is 9.89. The van der Waals surface area contributed by atoms with E-state index in [9.17, 15) is 9.59 Å². The number of amides is 1. The van der Waals surface area contributed by atoms with Crippen LogP contribution in [0.2, 0.25) is 0 Å². The Labute approximate surface area is 114 Å². The summed E-state index contributed by atoms with van der Waals surface area (Å²) < 4.78 is 7.73. The van der Waals surface area contributed by atoms with Gasteiger partial charge < -0.3 is 0 Å². The van der Waals surface area contributed by atoms with Gasteiger partial charge in [0.1, 0.15) is 0 Å². The van der Waals surface area contributed by atoms with E-state index in [1.165, 1.54) is 4.40 Å². The molecule has 0 atom stereocenters. The molecule has 0 saturated carbocycles. The summed E-state index contributed by atoms with van der Waals surface area (Å²) in [5.74, 6) is -0.583. The Hall–Kier alpha value is -1.30. The van der Waals surface area contributed by atoms with Crippen molar-refractivity contribution in [2.45, 2.75) is 20.3 Å². The molecule has 0 spiro atoms. The number of nitrogens with zero attached hydrogens (tertiary/aromatic N) is 1. The summed E-state index contributed by atoms with van der Waals surface area (Å²) in [5, 5.41) is 0. The molecule has 0 aliphatic heterocycles. The van der Waals surface area contributed by atoms with Crippen LogP contribution in [0.4, 0.5) is 0 Å². The van der Waals surface area contributed by atoms with Gasteiger partial charge in [0, 0.05) is 0 Å². The van der Waals surface area contributed by atoms with Gasteiger partial charge in [-0.1, -0.05) is 0 Å². The van der Waals surface area contributed by atoms with Crippen LogP contribution in [0.15, 0.2) is 30.3 Å². The van der Waals surface area contributed by atoms with Crippen LogP contribution in [0.25, 0.3) is 0 Å². The SMILES string of the molecule is CCOC(=O)CC(=O)[N](CC)[Ge][c]1ccccc1. The summed E-state index contributed by atoms with van der Waals surface area (Å²) in [6, 6.07) is 9.90. The molecule has 0 saturated heterocycles. The molecule has 0 N–H and O–H groups in total. The third-order valence-electron chi connectivity index (χ3n) is 2.26. The third-order valence-corrected chi connectivity index (χ3v) is 5.25. The number of esters is 1. The molecule has 0 aliphatic rings. The predicted molar refractivity (Wildman–Crippen MR) is 70.5 cm³/mol. The van der Waals surface area contributed by atoms with Crippen LogP contribution < -0.4 is 4.40 Å². The number of carbonyl (C=O) groups excluding carboxylic acids is 2. The van der Waals surface area contributed by atoms with Crippen molar-refractivity contribution in [2.24, 2.45) is 0 Å². The third kappa shape index (κ3) is 4.91. The summed E-state index contributed by atoms with van der Waals surface area (Å²) in [6.45, 7) is 4.60. The number of hydrogen-bond donors (Lipinski definition) is 0. The summed E-state index contributed by atoms with van der Waals surface area (Å²) in [4.78, 5) is 23.2. The van der Waals surface area contributed by atoms with Crippen molar-refractivity contribution in [1.29, 1.82) is 0 Å². The van der Waals surface area contributed by atoms with Crippen LogP contribution in [0, 0.1) is 0 Å². The Morgan fingerprint density at radius 1 is 1.22 bits per heavy atom. The van der Waals surface area contributed by atoms with Gasteiger partial charge in [-0.2, -0.15) is 0 Å². The number of ether oxygens (including phenoxy) is 1. The van der Waals surface area contributed by atoms with Gasteiger partial charge in [0.15, 0.2) is 0 Å². The van der Waals surface area contributed by atoms with Crippen molar-refractivity contribution in [3.8, 4) is 0 Å². The fourth-order valence-electron chi connectivity index (χ4n) is 1.42. The van der Waals surface area contributed by atoms with E-state index in [1.54, 1.807) is 10.8 Å². The van der Waals surface area contributed by atoms with E-state index in [2.05, 4.69) is 0 Å². The first-order valence-corrected chi connectivity index (χ1v) is 7.93. The first-order chi connectivity index (χ1) is 8.67. The van der Waals surface area contributed by atoms with Gasteiger partial charge in [-0.25, -0.2) is 0 Å². The van der Waals surface area contributed by atoms with Gasteiger partial charge in [0.2, 0.25) is 0 Å². The Morgan fingerprint density at radius 2 is 1.89 bits per heavy atom. The second-order valence-electron chi connectivity index (χ2n) is 3.60. The number of rotatable bonds is 6. The van der Waals surface area contributed by atoms with E-state index >= 15 is 0 Å². The minimum absolute atomic E-state index is 0.139. The molecule has 0 unspecified atom stereocenters. The van der Waals surface area contributed by atoms with Crippen molar-refractivity contribution in [3.63, 3.8) is 0 Å². The molecule has 96 valence electrons. The van der Waals surface area contributed by atoms with Crippen molar-refractivity contribution in [2.75, 3.05) is 13.2 Å². The molecule has 1 aromatic carbocycles. The summed E-state index contributed by atoms with van der Waals surface area (Å²) in [7, 11) is 0. The van der Waals surface area contributed by atoms with Crippen molar-refractivity contribution in [3.05, 3.63) is 30.3 Å². The molecular weight excluding hydrogens is 291 g/mol. The van der Waals surface area contributed by atoms with Gasteiger partial charge >= 0.3 is 114 Å². The molecule has 0 aliphatic carbocycles. The quantitative estimate of drug-likeness (QED) is 0.442. The zero-order chi connectivity index (χ0) is 13.4. The average Bonchev–Trinajstić information content (AvgIpc) is 2.37. The van der Waals surface area contributed by atoms with Crippen molar-refractivity contribution >= 4 is 31.9 Å². The first-order valence-electron chi connectivity index (χ1n) is 5.95. The average molecular weight is 308 g/mol. The summed E-state index contributed by atoms with van der Waals surface area (Å²) in [5.41, 5.74) is 0. The molecule has 5 heteroatoms. The van der Waals surface area contributed by atoms with Gasteiger partial charge in [-0.15, -0.1) is 0 Å². The molecule has 0 aromatic heterocycles. The zero-order valence-electron chi connectivity index (χ0n) is 10.7. The molecule has 0 bridgehead atoms. The van der Waals surface area contributed by atoms with E-state index < -0.39 is 21.6 Å². The fourth-order valence-corrected chi connectivity index (χ4v) is 3.55. The van der Waals surface area contributed by atoms with Crippen LogP contribution in [-0.2, 0) is 14.3 Å². The molecule has 1 amide bonds. The molecule has 2 radical (unpaired) electrons. The monoisotopic (exact) mass is 309 g/mol. The van der Waals surface area contributed by atoms with Gasteiger partial charge in [0.25, 0.3) is 0 Å². The van der Waals surface area contributed by atoms with Crippen LogP contribution in [0.1, 0.15) is 20.3 Å². The van der Waals surface area contributed by atoms with E-state index in [0.29, 0.717) is 13.2 Å². The van der Waals surface area contributed by atoms with E-state index in [-0.39, 0.29) is 12.3 Å². The molecule has 0 fully saturated rings. The molecule has 1 rings (SSSR count). The second kappa shape index (κ2) is 7.92. The summed E-state index contributed by atoms with van der Waals surface area (Å²) >= 11 is -0.691. The predicted octanol–water partition coefficient (Wildman–Crippen LogP) is 0.733. The number of hydrogen-bond acceptors (Lipinski definition) is 3. The molecule has 4 nitrogen and oxygen atoms in total. The zero-order valence-corrected chi connectivity index (χ0v) is 12.8. The molecule has 18 heavy (non-hydrogen) atoms. The van der Waals surface area contributed by atoms with Crippen molar-refractivity contribution in [1.82, 2.24) is 3.86 Å². The van der Waals surface area contributed by atoms with E-state index in [0.717, 1.165) is 0 Å². The van der Waals surface area contributed by atoms with Crippen molar-refractivity contribution < 1.29 is 14.3 Å². The number of carbonyl (C=O) groups is 2. The van der Waals surface area contributed by atoms with Crippen LogP contribution in [0.5, 0.6) is 0 Å². The topological polar surface area (TPSA) is 46.6 Å². The van der Waals surface area contributed by atoms with E-state index in [4.69, 9.17) is 4.74 Å². The van der Waals surface area contributed by atoms with Crippen LogP contribution >= 0.6 is 0 Å². The van der Waals surface area contributed by atoms with Gasteiger partial charge in [-0.05, 0) is 0 Å². The van der Waals surface area contributed by atoms with E-state index in [1.807, 2.05) is 37.3 Å².